The van der Waals surface area contributed by atoms with E-state index in [2.05, 4.69) is 10.4 Å². The second-order valence-electron chi connectivity index (χ2n) is 5.95. The monoisotopic (exact) mass is 401 g/mol. The predicted molar refractivity (Wildman–Crippen MR) is 102 cm³/mol. The van der Waals surface area contributed by atoms with Crippen molar-refractivity contribution in [1.29, 1.82) is 0 Å². The minimum Gasteiger partial charge on any atom is -0.497 e. The number of nitrogens with zero attached hydrogens (tertiary/aromatic N) is 2. The summed E-state index contributed by atoms with van der Waals surface area (Å²) in [6.45, 7) is -0.491. The maximum Gasteiger partial charge on any atom is 0.267 e. The molecule has 0 unspecified atom stereocenters. The number of carbonyl (C=O) groups is 1. The Labute approximate surface area is 164 Å². The largest absolute Gasteiger partial charge is 0.497 e. The summed E-state index contributed by atoms with van der Waals surface area (Å²) in [7, 11) is 3.00. The zero-order valence-corrected chi connectivity index (χ0v) is 15.6. The van der Waals surface area contributed by atoms with Crippen molar-refractivity contribution in [2.75, 3.05) is 19.5 Å². The number of benzene rings is 2. The average molecular weight is 401 g/mol. The number of methoxy groups -OCH3 is 2. The molecule has 0 saturated carbocycles. The number of carbonyl (C=O) groups excluding carboxylic acids is 1. The molecule has 9 heteroatoms. The van der Waals surface area contributed by atoms with E-state index in [1.165, 1.54) is 26.4 Å². The van der Waals surface area contributed by atoms with Gasteiger partial charge in [-0.1, -0.05) is 0 Å². The highest BCUT2D eigenvalue weighted by molar-refractivity contribution is 5.90. The highest BCUT2D eigenvalue weighted by Gasteiger charge is 2.14. The number of ether oxygens (including phenoxy) is 2. The standard InChI is InChI=1S/C20H17F2N3O4/c1-28-13-4-7-18(29-2)14(10-13)16-6-8-20(27)25(24-16)11-19(26)23-17-9-12(21)3-5-15(17)22/h3-10H,11H2,1-2H3,(H,23,26). The van der Waals surface area contributed by atoms with Gasteiger partial charge in [-0.25, -0.2) is 13.5 Å². The summed E-state index contributed by atoms with van der Waals surface area (Å²) in [6, 6.07) is 10.5. The molecule has 2 aromatic carbocycles. The Morgan fingerprint density at radius 1 is 1.07 bits per heavy atom. The summed E-state index contributed by atoms with van der Waals surface area (Å²) in [5.74, 6) is -1.19. The minimum absolute atomic E-state index is 0.325. The van der Waals surface area contributed by atoms with Gasteiger partial charge < -0.3 is 14.8 Å². The van der Waals surface area contributed by atoms with Gasteiger partial charge in [0.25, 0.3) is 5.56 Å². The molecule has 0 spiro atoms. The van der Waals surface area contributed by atoms with Crippen LogP contribution in [0.3, 0.4) is 0 Å². The molecule has 0 aliphatic heterocycles. The number of aromatic nitrogens is 2. The van der Waals surface area contributed by atoms with Gasteiger partial charge in [0.05, 0.1) is 25.6 Å². The SMILES string of the molecule is COc1ccc(OC)c(-c2ccc(=O)n(CC(=O)Nc3cc(F)ccc3F)n2)c1. The van der Waals surface area contributed by atoms with E-state index in [9.17, 15) is 18.4 Å². The zero-order chi connectivity index (χ0) is 21.0. The first-order valence-electron chi connectivity index (χ1n) is 8.46. The van der Waals surface area contributed by atoms with Gasteiger partial charge in [0.15, 0.2) is 0 Å². The normalized spacial score (nSPS) is 10.5. The van der Waals surface area contributed by atoms with E-state index < -0.39 is 29.6 Å². The molecule has 0 bridgehead atoms. The van der Waals surface area contributed by atoms with Crippen molar-refractivity contribution in [1.82, 2.24) is 9.78 Å². The Balaban J connectivity index is 1.89. The van der Waals surface area contributed by atoms with Gasteiger partial charge in [-0.05, 0) is 36.4 Å². The molecule has 150 valence electrons. The fourth-order valence-corrected chi connectivity index (χ4v) is 2.64. The first-order valence-corrected chi connectivity index (χ1v) is 8.46. The summed E-state index contributed by atoms with van der Waals surface area (Å²) in [4.78, 5) is 24.3. The summed E-state index contributed by atoms with van der Waals surface area (Å²) in [5.41, 5.74) is 0.0569. The van der Waals surface area contributed by atoms with Crippen molar-refractivity contribution < 1.29 is 23.0 Å². The molecule has 7 nitrogen and oxygen atoms in total. The van der Waals surface area contributed by atoms with Crippen molar-refractivity contribution in [2.24, 2.45) is 0 Å². The topological polar surface area (TPSA) is 82.5 Å². The molecular formula is C20H17F2N3O4. The summed E-state index contributed by atoms with van der Waals surface area (Å²) in [6.07, 6.45) is 0. The smallest absolute Gasteiger partial charge is 0.267 e. The molecule has 0 radical (unpaired) electrons. The number of hydrogen-bond donors (Lipinski definition) is 1. The molecule has 3 rings (SSSR count). The van der Waals surface area contributed by atoms with Gasteiger partial charge in [-0.2, -0.15) is 5.10 Å². The molecule has 1 aromatic heterocycles. The van der Waals surface area contributed by atoms with E-state index in [1.807, 2.05) is 0 Å². The Bertz CT molecular complexity index is 1120. The molecule has 1 amide bonds. The number of rotatable bonds is 6. The average Bonchev–Trinajstić information content (AvgIpc) is 2.71. The van der Waals surface area contributed by atoms with Gasteiger partial charge >= 0.3 is 0 Å². The van der Waals surface area contributed by atoms with Crippen LogP contribution in [0.15, 0.2) is 53.3 Å². The van der Waals surface area contributed by atoms with Crippen LogP contribution in [0.2, 0.25) is 0 Å². The minimum atomic E-state index is -0.796. The van der Waals surface area contributed by atoms with E-state index in [0.29, 0.717) is 22.8 Å². The third kappa shape index (κ3) is 4.57. The second-order valence-corrected chi connectivity index (χ2v) is 5.95. The predicted octanol–water partition coefficient (Wildman–Crippen LogP) is 2.84. The molecule has 0 aliphatic carbocycles. The number of halogens is 2. The van der Waals surface area contributed by atoms with Crippen LogP contribution in [0.4, 0.5) is 14.5 Å². The van der Waals surface area contributed by atoms with Crippen LogP contribution in [0.5, 0.6) is 11.5 Å². The number of amides is 1. The first-order chi connectivity index (χ1) is 13.9. The lowest BCUT2D eigenvalue weighted by atomic mass is 10.1. The molecular weight excluding hydrogens is 384 g/mol. The van der Waals surface area contributed by atoms with Crippen LogP contribution in [0.25, 0.3) is 11.3 Å². The first kappa shape index (κ1) is 20.0. The van der Waals surface area contributed by atoms with Gasteiger partial charge in [0.2, 0.25) is 5.91 Å². The van der Waals surface area contributed by atoms with Crippen LogP contribution in [-0.4, -0.2) is 29.9 Å². The lowest BCUT2D eigenvalue weighted by molar-refractivity contribution is -0.117. The van der Waals surface area contributed by atoms with Crippen molar-refractivity contribution >= 4 is 11.6 Å². The number of hydrogen-bond acceptors (Lipinski definition) is 5. The highest BCUT2D eigenvalue weighted by atomic mass is 19.1. The molecule has 1 heterocycles. The highest BCUT2D eigenvalue weighted by Crippen LogP contribution is 2.31. The Morgan fingerprint density at radius 3 is 2.59 bits per heavy atom. The molecule has 0 aliphatic rings. The van der Waals surface area contributed by atoms with E-state index in [1.54, 1.807) is 18.2 Å². The van der Waals surface area contributed by atoms with Crippen LogP contribution >= 0.6 is 0 Å². The Hall–Kier alpha value is -3.75. The zero-order valence-electron chi connectivity index (χ0n) is 15.6. The van der Waals surface area contributed by atoms with E-state index in [-0.39, 0.29) is 5.69 Å². The summed E-state index contributed by atoms with van der Waals surface area (Å²) >= 11 is 0. The van der Waals surface area contributed by atoms with Crippen LogP contribution in [0.1, 0.15) is 0 Å². The van der Waals surface area contributed by atoms with Gasteiger partial charge in [-0.15, -0.1) is 0 Å². The summed E-state index contributed by atoms with van der Waals surface area (Å²) in [5, 5.41) is 6.42. The lowest BCUT2D eigenvalue weighted by Crippen LogP contribution is -2.29. The van der Waals surface area contributed by atoms with Gasteiger partial charge in [-0.3, -0.25) is 9.59 Å². The third-order valence-electron chi connectivity index (χ3n) is 4.05. The maximum atomic E-state index is 13.7. The van der Waals surface area contributed by atoms with Crippen LogP contribution in [-0.2, 0) is 11.3 Å². The lowest BCUT2D eigenvalue weighted by Gasteiger charge is -2.12. The molecule has 29 heavy (non-hydrogen) atoms. The second kappa shape index (κ2) is 8.51. The molecule has 0 saturated heterocycles. The van der Waals surface area contributed by atoms with Crippen molar-refractivity contribution in [3.63, 3.8) is 0 Å². The maximum absolute atomic E-state index is 13.7. The van der Waals surface area contributed by atoms with Crippen molar-refractivity contribution in [3.05, 3.63) is 70.5 Å². The Kier molecular flexibility index (Phi) is 5.87. The quantitative estimate of drug-likeness (QED) is 0.687. The van der Waals surface area contributed by atoms with Crippen molar-refractivity contribution in [2.45, 2.75) is 6.54 Å². The van der Waals surface area contributed by atoms with E-state index >= 15 is 0 Å². The fraction of sp³-hybridized carbons (Fsp3) is 0.150. The van der Waals surface area contributed by atoms with E-state index in [0.717, 1.165) is 22.9 Å². The van der Waals surface area contributed by atoms with Crippen LogP contribution in [0, 0.1) is 11.6 Å². The number of nitrogens with one attached hydrogen (secondary N) is 1. The van der Waals surface area contributed by atoms with Gasteiger partial charge in [0.1, 0.15) is 29.7 Å². The summed E-state index contributed by atoms with van der Waals surface area (Å²) < 4.78 is 38.4. The third-order valence-corrected chi connectivity index (χ3v) is 4.05. The molecule has 1 N–H and O–H groups in total. The fourth-order valence-electron chi connectivity index (χ4n) is 2.64. The molecule has 0 fully saturated rings. The van der Waals surface area contributed by atoms with Crippen LogP contribution < -0.4 is 20.3 Å². The molecule has 3 aromatic rings. The molecule has 0 atom stereocenters. The van der Waals surface area contributed by atoms with Crippen molar-refractivity contribution in [3.8, 4) is 22.8 Å². The number of anilines is 1. The Morgan fingerprint density at radius 2 is 1.86 bits per heavy atom. The van der Waals surface area contributed by atoms with E-state index in [4.69, 9.17) is 9.47 Å². The van der Waals surface area contributed by atoms with Gasteiger partial charge in [0, 0.05) is 17.7 Å².